The molecule has 5 heteroatoms. The summed E-state index contributed by atoms with van der Waals surface area (Å²) in [5.74, 6) is 0.121. The molecule has 1 amide bonds. The lowest BCUT2D eigenvalue weighted by molar-refractivity contribution is 0.0570. The number of carbonyl (C=O) groups excluding carboxylic acids is 1. The summed E-state index contributed by atoms with van der Waals surface area (Å²) < 4.78 is 5.73. The Kier molecular flexibility index (Phi) is 3.39. The molecule has 0 unspecified atom stereocenters. The topological polar surface area (TPSA) is 45.7 Å². The number of ether oxygens (including phenoxy) is 1. The van der Waals surface area contributed by atoms with E-state index in [1.54, 1.807) is 6.20 Å². The summed E-state index contributed by atoms with van der Waals surface area (Å²) in [6, 6.07) is 4.25. The first kappa shape index (κ1) is 13.2. The maximum atomic E-state index is 12.6. The highest BCUT2D eigenvalue weighted by Gasteiger charge is 2.42. The molecule has 0 spiro atoms. The first-order chi connectivity index (χ1) is 10.3. The van der Waals surface area contributed by atoms with E-state index in [1.165, 1.54) is 19.3 Å². The van der Waals surface area contributed by atoms with Gasteiger partial charge in [0.2, 0.25) is 0 Å². The maximum absolute atomic E-state index is 12.6. The van der Waals surface area contributed by atoms with E-state index < -0.39 is 0 Å². The van der Waals surface area contributed by atoms with Gasteiger partial charge in [0, 0.05) is 6.20 Å². The Labute approximate surface area is 124 Å². The van der Waals surface area contributed by atoms with Gasteiger partial charge in [-0.05, 0) is 38.1 Å². The number of likely N-dealkylation sites (tertiary alicyclic amines) is 1. The van der Waals surface area contributed by atoms with E-state index in [2.05, 4.69) is 9.88 Å². The summed E-state index contributed by atoms with van der Waals surface area (Å²) in [5, 5.41) is 0. The SMILES string of the molecule is O=C1c2cccnc2CN1[C@H]1COC[C@@H]1N1CCCCC1. The van der Waals surface area contributed by atoms with E-state index in [4.69, 9.17) is 4.74 Å². The number of aromatic nitrogens is 1. The third-order valence-electron chi connectivity index (χ3n) is 4.98. The predicted molar refractivity (Wildman–Crippen MR) is 77.9 cm³/mol. The van der Waals surface area contributed by atoms with Crippen molar-refractivity contribution in [2.24, 2.45) is 0 Å². The maximum Gasteiger partial charge on any atom is 0.256 e. The molecule has 0 saturated carbocycles. The number of pyridine rings is 1. The third-order valence-corrected chi connectivity index (χ3v) is 4.98. The standard InChI is InChI=1S/C16H21N3O2/c20-16-12-5-4-6-17-13(12)9-19(16)15-11-21-10-14(15)18-7-2-1-3-8-18/h4-6,14-15H,1-3,7-11H2/t14-,15-/m0/s1. The highest BCUT2D eigenvalue weighted by atomic mass is 16.5. The van der Waals surface area contributed by atoms with Gasteiger partial charge in [0.15, 0.2) is 0 Å². The van der Waals surface area contributed by atoms with Crippen molar-refractivity contribution in [1.29, 1.82) is 0 Å². The van der Waals surface area contributed by atoms with E-state index in [0.717, 1.165) is 31.0 Å². The van der Waals surface area contributed by atoms with Crippen molar-refractivity contribution >= 4 is 5.91 Å². The molecule has 112 valence electrons. The Bertz CT molecular complexity index is 542. The van der Waals surface area contributed by atoms with Gasteiger partial charge in [-0.2, -0.15) is 0 Å². The van der Waals surface area contributed by atoms with Crippen LogP contribution in [-0.4, -0.2) is 59.1 Å². The van der Waals surface area contributed by atoms with Crippen LogP contribution >= 0.6 is 0 Å². The minimum atomic E-state index is 0.121. The molecule has 1 aromatic heterocycles. The zero-order valence-corrected chi connectivity index (χ0v) is 12.2. The van der Waals surface area contributed by atoms with Gasteiger partial charge < -0.3 is 9.64 Å². The van der Waals surface area contributed by atoms with E-state index in [1.807, 2.05) is 17.0 Å². The predicted octanol–water partition coefficient (Wildman–Crippen LogP) is 1.29. The van der Waals surface area contributed by atoms with Crippen LogP contribution in [0.2, 0.25) is 0 Å². The molecule has 4 rings (SSSR count). The summed E-state index contributed by atoms with van der Waals surface area (Å²) in [7, 11) is 0. The molecular weight excluding hydrogens is 266 g/mol. The summed E-state index contributed by atoms with van der Waals surface area (Å²) >= 11 is 0. The average Bonchev–Trinajstić information content (AvgIpc) is 3.13. The van der Waals surface area contributed by atoms with Crippen molar-refractivity contribution < 1.29 is 9.53 Å². The average molecular weight is 287 g/mol. The summed E-state index contributed by atoms with van der Waals surface area (Å²) in [6.07, 6.45) is 5.62. The smallest absolute Gasteiger partial charge is 0.256 e. The summed E-state index contributed by atoms with van der Waals surface area (Å²) in [6.45, 7) is 4.31. The number of amides is 1. The minimum absolute atomic E-state index is 0.121. The lowest BCUT2D eigenvalue weighted by atomic mass is 10.0. The van der Waals surface area contributed by atoms with Crippen molar-refractivity contribution in [1.82, 2.24) is 14.8 Å². The molecule has 5 nitrogen and oxygen atoms in total. The molecule has 2 fully saturated rings. The fourth-order valence-electron chi connectivity index (χ4n) is 3.84. The van der Waals surface area contributed by atoms with Crippen molar-refractivity contribution in [3.8, 4) is 0 Å². The molecule has 3 aliphatic rings. The molecule has 0 aromatic carbocycles. The zero-order valence-electron chi connectivity index (χ0n) is 12.2. The first-order valence-electron chi connectivity index (χ1n) is 7.91. The highest BCUT2D eigenvalue weighted by molar-refractivity contribution is 5.98. The van der Waals surface area contributed by atoms with Crippen molar-refractivity contribution in [3.63, 3.8) is 0 Å². The van der Waals surface area contributed by atoms with Crippen molar-refractivity contribution in [2.75, 3.05) is 26.3 Å². The second-order valence-electron chi connectivity index (χ2n) is 6.20. The quantitative estimate of drug-likeness (QED) is 0.822. The van der Waals surface area contributed by atoms with E-state index in [0.29, 0.717) is 19.2 Å². The minimum Gasteiger partial charge on any atom is -0.378 e. The monoisotopic (exact) mass is 287 g/mol. The fourth-order valence-corrected chi connectivity index (χ4v) is 3.84. The largest absolute Gasteiger partial charge is 0.378 e. The number of fused-ring (bicyclic) bond motifs is 1. The number of hydrogen-bond acceptors (Lipinski definition) is 4. The molecule has 1 aromatic rings. The Morgan fingerprint density at radius 1 is 1.14 bits per heavy atom. The van der Waals surface area contributed by atoms with Crippen LogP contribution in [0, 0.1) is 0 Å². The van der Waals surface area contributed by atoms with Crippen molar-refractivity contribution in [2.45, 2.75) is 37.9 Å². The molecule has 0 radical (unpaired) electrons. The Morgan fingerprint density at radius 3 is 2.76 bits per heavy atom. The first-order valence-corrected chi connectivity index (χ1v) is 7.91. The molecule has 2 saturated heterocycles. The number of nitrogens with zero attached hydrogens (tertiary/aromatic N) is 3. The van der Waals surface area contributed by atoms with Gasteiger partial charge in [0.1, 0.15) is 0 Å². The van der Waals surface area contributed by atoms with Crippen LogP contribution in [0.5, 0.6) is 0 Å². The molecule has 0 N–H and O–H groups in total. The summed E-state index contributed by atoms with van der Waals surface area (Å²) in [4.78, 5) is 21.5. The lowest BCUT2D eigenvalue weighted by Gasteiger charge is -2.37. The van der Waals surface area contributed by atoms with Gasteiger partial charge in [0.25, 0.3) is 5.91 Å². The Hall–Kier alpha value is -1.46. The second-order valence-corrected chi connectivity index (χ2v) is 6.20. The second kappa shape index (κ2) is 5.39. The van der Waals surface area contributed by atoms with E-state index in [9.17, 15) is 4.79 Å². The van der Waals surface area contributed by atoms with Gasteiger partial charge in [-0.3, -0.25) is 14.7 Å². The highest BCUT2D eigenvalue weighted by Crippen LogP contribution is 2.29. The van der Waals surface area contributed by atoms with Gasteiger partial charge in [-0.1, -0.05) is 6.42 Å². The van der Waals surface area contributed by atoms with Gasteiger partial charge >= 0.3 is 0 Å². The van der Waals surface area contributed by atoms with Gasteiger partial charge in [-0.25, -0.2) is 0 Å². The summed E-state index contributed by atoms with van der Waals surface area (Å²) in [5.41, 5.74) is 1.67. The number of rotatable bonds is 2. The van der Waals surface area contributed by atoms with Gasteiger partial charge in [-0.15, -0.1) is 0 Å². The van der Waals surface area contributed by atoms with Crippen LogP contribution in [0.25, 0.3) is 0 Å². The van der Waals surface area contributed by atoms with Crippen molar-refractivity contribution in [3.05, 3.63) is 29.6 Å². The van der Waals surface area contributed by atoms with Gasteiger partial charge in [0.05, 0.1) is 43.1 Å². The molecule has 4 heterocycles. The van der Waals surface area contributed by atoms with Crippen LogP contribution in [0.1, 0.15) is 35.3 Å². The molecule has 2 atom stereocenters. The van der Waals surface area contributed by atoms with Crippen LogP contribution in [-0.2, 0) is 11.3 Å². The normalized spacial score (nSPS) is 29.9. The number of hydrogen-bond donors (Lipinski definition) is 0. The Morgan fingerprint density at radius 2 is 1.95 bits per heavy atom. The molecule has 21 heavy (non-hydrogen) atoms. The number of piperidine rings is 1. The van der Waals surface area contributed by atoms with Crippen LogP contribution in [0.15, 0.2) is 18.3 Å². The molecular formula is C16H21N3O2. The fraction of sp³-hybridized carbons (Fsp3) is 0.625. The molecule has 0 aliphatic carbocycles. The van der Waals surface area contributed by atoms with Crippen LogP contribution < -0.4 is 0 Å². The molecule has 0 bridgehead atoms. The zero-order chi connectivity index (χ0) is 14.2. The van der Waals surface area contributed by atoms with E-state index in [-0.39, 0.29) is 11.9 Å². The Balaban J connectivity index is 1.55. The van der Waals surface area contributed by atoms with E-state index >= 15 is 0 Å². The molecule has 3 aliphatic heterocycles. The van der Waals surface area contributed by atoms with Crippen LogP contribution in [0.3, 0.4) is 0 Å². The lowest BCUT2D eigenvalue weighted by Crippen LogP contribution is -2.52. The number of carbonyl (C=O) groups is 1. The third kappa shape index (κ3) is 2.24. The van der Waals surface area contributed by atoms with Crippen LogP contribution in [0.4, 0.5) is 0 Å².